The number of fused-ring (bicyclic) bond motifs is 3. The Bertz CT molecular complexity index is 1030. The van der Waals surface area contributed by atoms with Crippen molar-refractivity contribution in [1.29, 1.82) is 0 Å². The van der Waals surface area contributed by atoms with Gasteiger partial charge in [-0.2, -0.15) is 0 Å². The Kier molecular flexibility index (Phi) is 3.50. The van der Waals surface area contributed by atoms with Crippen LogP contribution in [0, 0.1) is 0 Å². The molecule has 4 heteroatoms. The maximum atomic E-state index is 12.3. The van der Waals surface area contributed by atoms with Gasteiger partial charge in [0.15, 0.2) is 0 Å². The van der Waals surface area contributed by atoms with Gasteiger partial charge in [-0.05, 0) is 43.3 Å². The van der Waals surface area contributed by atoms with Crippen molar-refractivity contribution in [2.24, 2.45) is 0 Å². The standard InChI is InChI=1S/C20H17N3O/c1-2-23-18-8-4-3-7-16(18)17-12-15(9-10-19(17)23)22-20(24)14-6-5-11-21-13-14/h3-13H,2H2,1H3,(H,22,24). The molecule has 0 atom stereocenters. The van der Waals surface area contributed by atoms with E-state index in [0.717, 1.165) is 17.6 Å². The van der Waals surface area contributed by atoms with Crippen LogP contribution in [0.15, 0.2) is 67.0 Å². The molecule has 0 aliphatic heterocycles. The predicted octanol–water partition coefficient (Wildman–Crippen LogP) is 4.46. The predicted molar refractivity (Wildman–Crippen MR) is 97.3 cm³/mol. The SMILES string of the molecule is CCn1c2ccccc2c2cc(NC(=O)c3cccnc3)ccc21. The number of hydrogen-bond donors (Lipinski definition) is 1. The van der Waals surface area contributed by atoms with Crippen molar-refractivity contribution in [3.63, 3.8) is 0 Å². The van der Waals surface area contributed by atoms with Gasteiger partial charge in [-0.1, -0.05) is 18.2 Å². The number of rotatable bonds is 3. The van der Waals surface area contributed by atoms with Gasteiger partial charge in [0.1, 0.15) is 0 Å². The number of carbonyl (C=O) groups is 1. The highest BCUT2D eigenvalue weighted by molar-refractivity contribution is 6.11. The molecule has 0 bridgehead atoms. The Balaban J connectivity index is 1.78. The van der Waals surface area contributed by atoms with E-state index in [1.54, 1.807) is 24.5 Å². The third-order valence-corrected chi connectivity index (χ3v) is 4.27. The molecule has 0 aliphatic rings. The minimum absolute atomic E-state index is 0.151. The molecule has 0 fully saturated rings. The summed E-state index contributed by atoms with van der Waals surface area (Å²) < 4.78 is 2.29. The molecule has 2 aromatic heterocycles. The van der Waals surface area contributed by atoms with Crippen LogP contribution in [-0.4, -0.2) is 15.5 Å². The van der Waals surface area contributed by atoms with Crippen molar-refractivity contribution < 1.29 is 4.79 Å². The molecular formula is C20H17N3O. The van der Waals surface area contributed by atoms with E-state index in [9.17, 15) is 4.79 Å². The Hall–Kier alpha value is -3.14. The lowest BCUT2D eigenvalue weighted by atomic mass is 10.1. The summed E-state index contributed by atoms with van der Waals surface area (Å²) in [5.41, 5.74) is 3.73. The molecule has 2 heterocycles. The molecule has 1 amide bonds. The Morgan fingerprint density at radius 2 is 1.88 bits per heavy atom. The molecule has 4 rings (SSSR count). The molecule has 118 valence electrons. The Morgan fingerprint density at radius 1 is 1.04 bits per heavy atom. The fourth-order valence-electron chi connectivity index (χ4n) is 3.17. The first kappa shape index (κ1) is 14.5. The molecule has 4 aromatic rings. The maximum Gasteiger partial charge on any atom is 0.257 e. The van der Waals surface area contributed by atoms with Gasteiger partial charge in [0.05, 0.1) is 5.56 Å². The lowest BCUT2D eigenvalue weighted by molar-refractivity contribution is 0.102. The van der Waals surface area contributed by atoms with Gasteiger partial charge >= 0.3 is 0 Å². The fourth-order valence-corrected chi connectivity index (χ4v) is 3.17. The van der Waals surface area contributed by atoms with E-state index in [2.05, 4.69) is 46.1 Å². The summed E-state index contributed by atoms with van der Waals surface area (Å²) in [5.74, 6) is -0.151. The second-order valence-electron chi connectivity index (χ2n) is 5.69. The number of carbonyl (C=O) groups excluding carboxylic acids is 1. The lowest BCUT2D eigenvalue weighted by Gasteiger charge is -2.06. The number of pyridine rings is 1. The highest BCUT2D eigenvalue weighted by Crippen LogP contribution is 2.31. The molecule has 0 saturated heterocycles. The number of hydrogen-bond acceptors (Lipinski definition) is 2. The quantitative estimate of drug-likeness (QED) is 0.606. The van der Waals surface area contributed by atoms with Gasteiger partial charge in [-0.15, -0.1) is 0 Å². The molecule has 0 unspecified atom stereocenters. The van der Waals surface area contributed by atoms with E-state index in [-0.39, 0.29) is 5.91 Å². The number of anilines is 1. The van der Waals surface area contributed by atoms with Gasteiger partial charge in [-0.25, -0.2) is 0 Å². The van der Waals surface area contributed by atoms with Crippen LogP contribution < -0.4 is 5.32 Å². The lowest BCUT2D eigenvalue weighted by Crippen LogP contribution is -2.11. The van der Waals surface area contributed by atoms with Crippen molar-refractivity contribution in [2.45, 2.75) is 13.5 Å². The van der Waals surface area contributed by atoms with Gasteiger partial charge in [0.25, 0.3) is 5.91 Å². The summed E-state index contributed by atoms with van der Waals surface area (Å²) in [6.07, 6.45) is 3.22. The summed E-state index contributed by atoms with van der Waals surface area (Å²) in [4.78, 5) is 16.3. The largest absolute Gasteiger partial charge is 0.341 e. The van der Waals surface area contributed by atoms with Crippen molar-refractivity contribution in [3.8, 4) is 0 Å². The number of nitrogens with zero attached hydrogens (tertiary/aromatic N) is 2. The van der Waals surface area contributed by atoms with Crippen molar-refractivity contribution in [2.75, 3.05) is 5.32 Å². The third-order valence-electron chi connectivity index (χ3n) is 4.27. The monoisotopic (exact) mass is 315 g/mol. The zero-order valence-corrected chi connectivity index (χ0v) is 13.4. The van der Waals surface area contributed by atoms with E-state index in [1.807, 2.05) is 18.2 Å². The summed E-state index contributed by atoms with van der Waals surface area (Å²) in [7, 11) is 0. The van der Waals surface area contributed by atoms with Crippen LogP contribution in [0.1, 0.15) is 17.3 Å². The number of aryl methyl sites for hydroxylation is 1. The van der Waals surface area contributed by atoms with Gasteiger partial charge in [0, 0.05) is 46.4 Å². The van der Waals surface area contributed by atoms with E-state index in [4.69, 9.17) is 0 Å². The molecule has 2 aromatic carbocycles. The number of para-hydroxylation sites is 1. The topological polar surface area (TPSA) is 46.9 Å². The van der Waals surface area contributed by atoms with Crippen LogP contribution in [0.2, 0.25) is 0 Å². The normalized spacial score (nSPS) is 11.0. The van der Waals surface area contributed by atoms with E-state index in [0.29, 0.717) is 5.56 Å². The minimum atomic E-state index is -0.151. The van der Waals surface area contributed by atoms with Crippen LogP contribution in [0.25, 0.3) is 21.8 Å². The molecular weight excluding hydrogens is 298 g/mol. The third kappa shape index (κ3) is 2.33. The average Bonchev–Trinajstić information content (AvgIpc) is 2.95. The van der Waals surface area contributed by atoms with Crippen LogP contribution >= 0.6 is 0 Å². The summed E-state index contributed by atoms with van der Waals surface area (Å²) in [6.45, 7) is 3.05. The number of amides is 1. The molecule has 0 radical (unpaired) electrons. The minimum Gasteiger partial charge on any atom is -0.341 e. The molecule has 24 heavy (non-hydrogen) atoms. The van der Waals surface area contributed by atoms with Crippen molar-refractivity contribution in [3.05, 3.63) is 72.6 Å². The zero-order chi connectivity index (χ0) is 16.5. The van der Waals surface area contributed by atoms with Gasteiger partial charge in [0.2, 0.25) is 0 Å². The molecule has 0 spiro atoms. The molecule has 4 nitrogen and oxygen atoms in total. The number of benzene rings is 2. The molecule has 1 N–H and O–H groups in total. The first-order valence-electron chi connectivity index (χ1n) is 8.00. The average molecular weight is 315 g/mol. The highest BCUT2D eigenvalue weighted by atomic mass is 16.1. The van der Waals surface area contributed by atoms with Crippen molar-refractivity contribution >= 4 is 33.4 Å². The van der Waals surface area contributed by atoms with Gasteiger partial charge in [-0.3, -0.25) is 9.78 Å². The fraction of sp³-hybridized carbons (Fsp3) is 0.100. The number of aromatic nitrogens is 2. The zero-order valence-electron chi connectivity index (χ0n) is 13.4. The Labute approximate surface area is 139 Å². The van der Waals surface area contributed by atoms with E-state index < -0.39 is 0 Å². The summed E-state index contributed by atoms with van der Waals surface area (Å²) in [6, 6.07) is 17.9. The number of nitrogens with one attached hydrogen (secondary N) is 1. The van der Waals surface area contributed by atoms with Crippen LogP contribution in [0.5, 0.6) is 0 Å². The van der Waals surface area contributed by atoms with Crippen LogP contribution in [0.3, 0.4) is 0 Å². The molecule has 0 saturated carbocycles. The second kappa shape index (κ2) is 5.81. The Morgan fingerprint density at radius 3 is 2.67 bits per heavy atom. The van der Waals surface area contributed by atoms with Crippen LogP contribution in [-0.2, 0) is 6.54 Å². The highest BCUT2D eigenvalue weighted by Gasteiger charge is 2.11. The maximum absolute atomic E-state index is 12.3. The van der Waals surface area contributed by atoms with E-state index >= 15 is 0 Å². The van der Waals surface area contributed by atoms with E-state index in [1.165, 1.54) is 16.4 Å². The molecule has 0 aliphatic carbocycles. The smallest absolute Gasteiger partial charge is 0.257 e. The summed E-state index contributed by atoms with van der Waals surface area (Å²) in [5, 5.41) is 5.30. The van der Waals surface area contributed by atoms with Gasteiger partial charge < -0.3 is 9.88 Å². The first-order chi connectivity index (χ1) is 11.8. The first-order valence-corrected chi connectivity index (χ1v) is 8.00. The summed E-state index contributed by atoms with van der Waals surface area (Å²) >= 11 is 0. The van der Waals surface area contributed by atoms with Crippen molar-refractivity contribution in [1.82, 2.24) is 9.55 Å². The second-order valence-corrected chi connectivity index (χ2v) is 5.69. The van der Waals surface area contributed by atoms with Crippen LogP contribution in [0.4, 0.5) is 5.69 Å².